The highest BCUT2D eigenvalue weighted by Crippen LogP contribution is 2.39. The number of aromatic nitrogens is 2. The highest BCUT2D eigenvalue weighted by atomic mass is 79.9. The van der Waals surface area contributed by atoms with Gasteiger partial charge >= 0.3 is 0 Å². The molecule has 1 heterocycles. The van der Waals surface area contributed by atoms with E-state index in [2.05, 4.69) is 26.3 Å². The summed E-state index contributed by atoms with van der Waals surface area (Å²) in [6.07, 6.45) is 0. The van der Waals surface area contributed by atoms with Crippen LogP contribution in [0.4, 0.5) is 24.7 Å². The Kier molecular flexibility index (Phi) is 4.79. The molecule has 25 heavy (non-hydrogen) atoms. The van der Waals surface area contributed by atoms with E-state index in [1.54, 1.807) is 14.0 Å². The number of anilines is 2. The lowest BCUT2D eigenvalue weighted by Crippen LogP contribution is -2.03. The third kappa shape index (κ3) is 3.39. The molecule has 1 N–H and O–H groups in total. The first kappa shape index (κ1) is 17.8. The van der Waals surface area contributed by atoms with Gasteiger partial charge in [-0.3, -0.25) is 4.68 Å². The molecule has 0 aliphatic carbocycles. The molecule has 0 saturated heterocycles. The maximum absolute atomic E-state index is 14.2. The predicted octanol–water partition coefficient (Wildman–Crippen LogP) is 5.97. The summed E-state index contributed by atoms with van der Waals surface area (Å²) in [5.74, 6) is -1.48. The molecule has 1 aromatic heterocycles. The Hall–Kier alpha value is -1.99. The first-order chi connectivity index (χ1) is 11.8. The zero-order valence-corrected chi connectivity index (χ0v) is 15.5. The molecule has 0 fully saturated rings. The van der Waals surface area contributed by atoms with Gasteiger partial charge in [-0.2, -0.15) is 5.10 Å². The molecule has 3 rings (SSSR count). The molecule has 3 nitrogen and oxygen atoms in total. The second-order valence-electron chi connectivity index (χ2n) is 5.43. The molecule has 0 aliphatic rings. The summed E-state index contributed by atoms with van der Waals surface area (Å²) in [5, 5.41) is 7.45. The van der Waals surface area contributed by atoms with Crippen molar-refractivity contribution in [3.05, 3.63) is 63.0 Å². The molecule has 0 spiro atoms. The SMILES string of the molecule is Cc1nn(C)c(Nc2c(F)cc(F)cc2Br)c1-c1ccc(F)cc1Cl. The van der Waals surface area contributed by atoms with E-state index >= 15 is 0 Å². The summed E-state index contributed by atoms with van der Waals surface area (Å²) in [6, 6.07) is 5.94. The van der Waals surface area contributed by atoms with E-state index in [-0.39, 0.29) is 15.2 Å². The topological polar surface area (TPSA) is 29.9 Å². The fraction of sp³-hybridized carbons (Fsp3) is 0.118. The third-order valence-electron chi connectivity index (χ3n) is 3.67. The maximum Gasteiger partial charge on any atom is 0.150 e. The number of aryl methyl sites for hydroxylation is 2. The van der Waals surface area contributed by atoms with E-state index in [0.717, 1.165) is 12.1 Å². The molecule has 8 heteroatoms. The van der Waals surface area contributed by atoms with Gasteiger partial charge in [0.1, 0.15) is 17.5 Å². The van der Waals surface area contributed by atoms with Gasteiger partial charge in [0.2, 0.25) is 0 Å². The second kappa shape index (κ2) is 6.72. The van der Waals surface area contributed by atoms with Gasteiger partial charge < -0.3 is 5.32 Å². The lowest BCUT2D eigenvalue weighted by atomic mass is 10.1. The van der Waals surface area contributed by atoms with E-state index in [4.69, 9.17) is 11.6 Å². The largest absolute Gasteiger partial charge is 0.337 e. The van der Waals surface area contributed by atoms with Crippen molar-refractivity contribution < 1.29 is 13.2 Å². The van der Waals surface area contributed by atoms with E-state index < -0.39 is 17.5 Å². The number of hydrogen-bond acceptors (Lipinski definition) is 2. The Morgan fingerprint density at radius 3 is 2.48 bits per heavy atom. The van der Waals surface area contributed by atoms with E-state index in [1.165, 1.54) is 22.9 Å². The quantitative estimate of drug-likeness (QED) is 0.554. The number of halogens is 5. The fourth-order valence-corrected chi connectivity index (χ4v) is 3.37. The molecule has 0 bridgehead atoms. The zero-order chi connectivity index (χ0) is 18.3. The highest BCUT2D eigenvalue weighted by Gasteiger charge is 2.20. The first-order valence-electron chi connectivity index (χ1n) is 7.18. The average Bonchev–Trinajstić information content (AvgIpc) is 2.77. The normalized spacial score (nSPS) is 11.0. The lowest BCUT2D eigenvalue weighted by Gasteiger charge is -2.13. The van der Waals surface area contributed by atoms with Crippen molar-refractivity contribution in [2.75, 3.05) is 5.32 Å². The van der Waals surface area contributed by atoms with Crippen LogP contribution >= 0.6 is 27.5 Å². The number of rotatable bonds is 3. The van der Waals surface area contributed by atoms with Gasteiger partial charge in [-0.25, -0.2) is 13.2 Å². The Morgan fingerprint density at radius 1 is 1.12 bits per heavy atom. The molecule has 0 aliphatic heterocycles. The van der Waals surface area contributed by atoms with Crippen LogP contribution in [0.5, 0.6) is 0 Å². The summed E-state index contributed by atoms with van der Waals surface area (Å²) >= 11 is 9.31. The van der Waals surface area contributed by atoms with Crippen LogP contribution in [0.1, 0.15) is 5.69 Å². The number of nitrogens with one attached hydrogen (secondary N) is 1. The van der Waals surface area contributed by atoms with Crippen LogP contribution in [-0.2, 0) is 7.05 Å². The molecule has 0 atom stereocenters. The minimum Gasteiger partial charge on any atom is -0.337 e. The van der Waals surface area contributed by atoms with E-state index in [9.17, 15) is 13.2 Å². The maximum atomic E-state index is 14.2. The van der Waals surface area contributed by atoms with Crippen molar-refractivity contribution in [1.82, 2.24) is 9.78 Å². The molecular formula is C17H12BrClF3N3. The molecule has 3 aromatic rings. The van der Waals surface area contributed by atoms with Gasteiger partial charge in [0, 0.05) is 28.7 Å². The fourth-order valence-electron chi connectivity index (χ4n) is 2.60. The molecule has 0 amide bonds. The van der Waals surface area contributed by atoms with E-state index in [0.29, 0.717) is 22.6 Å². The van der Waals surface area contributed by atoms with Crippen molar-refractivity contribution in [2.24, 2.45) is 7.05 Å². The lowest BCUT2D eigenvalue weighted by molar-refractivity contribution is 0.584. The Bertz CT molecular complexity index is 949. The van der Waals surface area contributed by atoms with Gasteiger partial charge in [0.05, 0.1) is 16.4 Å². The van der Waals surface area contributed by atoms with Crippen LogP contribution in [-0.4, -0.2) is 9.78 Å². The van der Waals surface area contributed by atoms with Gasteiger partial charge in [-0.05, 0) is 47.1 Å². The minimum atomic E-state index is -0.762. The summed E-state index contributed by atoms with van der Waals surface area (Å²) in [7, 11) is 1.67. The smallest absolute Gasteiger partial charge is 0.150 e. The number of hydrogen-bond donors (Lipinski definition) is 1. The average molecular weight is 431 g/mol. The Labute approximate surface area is 155 Å². The van der Waals surface area contributed by atoms with Gasteiger partial charge in [-0.15, -0.1) is 0 Å². The van der Waals surface area contributed by atoms with Crippen LogP contribution in [0.2, 0.25) is 5.02 Å². The van der Waals surface area contributed by atoms with Crippen molar-refractivity contribution >= 4 is 39.0 Å². The van der Waals surface area contributed by atoms with Crippen molar-refractivity contribution in [3.63, 3.8) is 0 Å². The van der Waals surface area contributed by atoms with Crippen LogP contribution < -0.4 is 5.32 Å². The summed E-state index contributed by atoms with van der Waals surface area (Å²) in [4.78, 5) is 0. The molecule has 0 saturated carbocycles. The summed E-state index contributed by atoms with van der Waals surface area (Å²) < 4.78 is 42.5. The monoisotopic (exact) mass is 429 g/mol. The van der Waals surface area contributed by atoms with Crippen LogP contribution in [0.3, 0.4) is 0 Å². The van der Waals surface area contributed by atoms with Crippen molar-refractivity contribution in [1.29, 1.82) is 0 Å². The first-order valence-corrected chi connectivity index (χ1v) is 8.35. The number of benzene rings is 2. The molecule has 0 radical (unpaired) electrons. The zero-order valence-electron chi connectivity index (χ0n) is 13.2. The predicted molar refractivity (Wildman–Crippen MR) is 95.7 cm³/mol. The second-order valence-corrected chi connectivity index (χ2v) is 6.69. The third-order valence-corrected chi connectivity index (χ3v) is 4.61. The van der Waals surface area contributed by atoms with Gasteiger partial charge in [0.25, 0.3) is 0 Å². The molecule has 0 unspecified atom stereocenters. The van der Waals surface area contributed by atoms with Crippen LogP contribution in [0.25, 0.3) is 11.1 Å². The molecule has 2 aromatic carbocycles. The Balaban J connectivity index is 2.16. The number of nitrogens with zero attached hydrogens (tertiary/aromatic N) is 2. The van der Waals surface area contributed by atoms with Crippen LogP contribution in [0, 0.1) is 24.4 Å². The van der Waals surface area contributed by atoms with Crippen molar-refractivity contribution in [3.8, 4) is 11.1 Å². The summed E-state index contributed by atoms with van der Waals surface area (Å²) in [5.41, 5.74) is 1.83. The van der Waals surface area contributed by atoms with Crippen molar-refractivity contribution in [2.45, 2.75) is 6.92 Å². The molecular weight excluding hydrogens is 419 g/mol. The Morgan fingerprint density at radius 2 is 1.84 bits per heavy atom. The van der Waals surface area contributed by atoms with Crippen LogP contribution in [0.15, 0.2) is 34.8 Å². The standard InChI is InChI=1S/C17H12BrClF3N3/c1-8-15(11-4-3-9(20)6-13(11)19)17(25(2)24-8)23-16-12(18)5-10(21)7-14(16)22/h3-7,23H,1-2H3. The highest BCUT2D eigenvalue weighted by molar-refractivity contribution is 9.10. The van der Waals surface area contributed by atoms with E-state index in [1.807, 2.05) is 0 Å². The summed E-state index contributed by atoms with van der Waals surface area (Å²) in [6.45, 7) is 1.76. The van der Waals surface area contributed by atoms with Gasteiger partial charge in [-0.1, -0.05) is 11.6 Å². The minimum absolute atomic E-state index is 0.0592. The van der Waals surface area contributed by atoms with Gasteiger partial charge in [0.15, 0.2) is 5.82 Å². The molecule has 130 valence electrons.